The van der Waals surface area contributed by atoms with E-state index in [1.807, 2.05) is 41.8 Å². The highest BCUT2D eigenvalue weighted by molar-refractivity contribution is 7.99. The molecule has 1 N–H and O–H groups in total. The van der Waals surface area contributed by atoms with Crippen molar-refractivity contribution < 1.29 is 14.3 Å². The minimum atomic E-state index is -0.310. The molecule has 0 aliphatic rings. The van der Waals surface area contributed by atoms with E-state index in [-0.39, 0.29) is 17.8 Å². The van der Waals surface area contributed by atoms with Crippen molar-refractivity contribution in [3.8, 4) is 11.5 Å². The lowest BCUT2D eigenvalue weighted by Gasteiger charge is -2.16. The molecule has 1 heterocycles. The molecule has 7 nitrogen and oxygen atoms in total. The van der Waals surface area contributed by atoms with Gasteiger partial charge in [-0.15, -0.1) is 16.8 Å². The number of aryl methyl sites for hydroxylation is 1. The standard InChI is InChI=1S/C24H28N4O3S/c1-5-14-28-23(17(3)31-20-12-10-18(6-2)11-13-20)26-27-24(28)32-16-22(29)25-19-8-7-9-21(15-19)30-4/h5,7-13,15,17H,1,6,14,16H2,2-4H3,(H,25,29). The largest absolute Gasteiger partial charge is 0.497 e. The van der Waals surface area contributed by atoms with Gasteiger partial charge in [-0.1, -0.05) is 43.0 Å². The van der Waals surface area contributed by atoms with Gasteiger partial charge in [0.25, 0.3) is 0 Å². The number of amides is 1. The average Bonchev–Trinajstić information content (AvgIpc) is 3.21. The fourth-order valence-electron chi connectivity index (χ4n) is 3.10. The third-order valence-corrected chi connectivity index (χ3v) is 5.72. The van der Waals surface area contributed by atoms with E-state index in [4.69, 9.17) is 9.47 Å². The molecule has 1 amide bonds. The number of anilines is 1. The summed E-state index contributed by atoms with van der Waals surface area (Å²) in [6.07, 6.45) is 2.45. The van der Waals surface area contributed by atoms with Crippen molar-refractivity contribution in [3.63, 3.8) is 0 Å². The third-order valence-electron chi connectivity index (χ3n) is 4.75. The van der Waals surface area contributed by atoms with Gasteiger partial charge < -0.3 is 14.8 Å². The van der Waals surface area contributed by atoms with Gasteiger partial charge in [-0.2, -0.15) is 0 Å². The Bertz CT molecular complexity index is 1050. The number of nitrogens with zero attached hydrogens (tertiary/aromatic N) is 3. The van der Waals surface area contributed by atoms with E-state index in [1.54, 1.807) is 19.3 Å². The summed E-state index contributed by atoms with van der Waals surface area (Å²) in [5.74, 6) is 2.19. The molecule has 0 bridgehead atoms. The number of carbonyl (C=O) groups is 1. The number of thioether (sulfide) groups is 1. The number of ether oxygens (including phenoxy) is 2. The molecule has 0 saturated heterocycles. The van der Waals surface area contributed by atoms with Crippen LogP contribution in [-0.4, -0.2) is 33.5 Å². The Morgan fingerprint density at radius 1 is 1.22 bits per heavy atom. The summed E-state index contributed by atoms with van der Waals surface area (Å²) in [7, 11) is 1.59. The van der Waals surface area contributed by atoms with Gasteiger partial charge in [-0.3, -0.25) is 9.36 Å². The Labute approximate surface area is 192 Å². The average molecular weight is 453 g/mol. The second-order valence-corrected chi connectivity index (χ2v) is 8.01. The first-order valence-electron chi connectivity index (χ1n) is 10.4. The zero-order valence-electron chi connectivity index (χ0n) is 18.6. The van der Waals surface area contributed by atoms with E-state index >= 15 is 0 Å². The van der Waals surface area contributed by atoms with Crippen molar-refractivity contribution in [1.29, 1.82) is 0 Å². The van der Waals surface area contributed by atoms with E-state index in [0.717, 1.165) is 12.2 Å². The van der Waals surface area contributed by atoms with Crippen molar-refractivity contribution >= 4 is 23.4 Å². The Morgan fingerprint density at radius 2 is 2.00 bits per heavy atom. The van der Waals surface area contributed by atoms with Crippen LogP contribution in [0, 0.1) is 0 Å². The number of hydrogen-bond donors (Lipinski definition) is 1. The number of aromatic nitrogens is 3. The fraction of sp³-hybridized carbons (Fsp3) is 0.292. The van der Waals surface area contributed by atoms with Gasteiger partial charge >= 0.3 is 0 Å². The molecule has 0 aliphatic carbocycles. The van der Waals surface area contributed by atoms with Crippen LogP contribution >= 0.6 is 11.8 Å². The summed E-state index contributed by atoms with van der Waals surface area (Å²) < 4.78 is 13.2. The van der Waals surface area contributed by atoms with E-state index in [2.05, 4.69) is 41.1 Å². The van der Waals surface area contributed by atoms with E-state index < -0.39 is 0 Å². The predicted octanol–water partition coefficient (Wildman–Crippen LogP) is 4.91. The summed E-state index contributed by atoms with van der Waals surface area (Å²) in [5.41, 5.74) is 1.94. The lowest BCUT2D eigenvalue weighted by atomic mass is 10.2. The highest BCUT2D eigenvalue weighted by Gasteiger charge is 2.20. The first kappa shape index (κ1) is 23.4. The van der Waals surface area contributed by atoms with Gasteiger partial charge in [0.05, 0.1) is 12.9 Å². The van der Waals surface area contributed by atoms with Crippen molar-refractivity contribution in [2.45, 2.75) is 38.1 Å². The van der Waals surface area contributed by atoms with Crippen LogP contribution in [0.25, 0.3) is 0 Å². The van der Waals surface area contributed by atoms with Crippen LogP contribution in [0.4, 0.5) is 5.69 Å². The molecule has 8 heteroatoms. The van der Waals surface area contributed by atoms with Gasteiger partial charge in [0.2, 0.25) is 5.91 Å². The molecule has 1 atom stereocenters. The fourth-order valence-corrected chi connectivity index (χ4v) is 3.85. The molecule has 0 radical (unpaired) electrons. The number of hydrogen-bond acceptors (Lipinski definition) is 6. The SMILES string of the molecule is C=CCn1c(SCC(=O)Nc2cccc(OC)c2)nnc1C(C)Oc1ccc(CC)cc1. The first-order valence-corrected chi connectivity index (χ1v) is 11.4. The first-order chi connectivity index (χ1) is 15.5. The lowest BCUT2D eigenvalue weighted by Crippen LogP contribution is -2.15. The molecule has 3 rings (SSSR count). The smallest absolute Gasteiger partial charge is 0.234 e. The molecular formula is C24H28N4O3S. The number of rotatable bonds is 11. The quantitative estimate of drug-likeness (QED) is 0.329. The van der Waals surface area contributed by atoms with Crippen LogP contribution < -0.4 is 14.8 Å². The molecule has 0 saturated carbocycles. The Hall–Kier alpha value is -3.26. The minimum absolute atomic E-state index is 0.140. The Morgan fingerprint density at radius 3 is 2.69 bits per heavy atom. The summed E-state index contributed by atoms with van der Waals surface area (Å²) >= 11 is 1.32. The van der Waals surface area contributed by atoms with Gasteiger partial charge in [-0.05, 0) is 43.2 Å². The van der Waals surface area contributed by atoms with E-state index in [9.17, 15) is 4.79 Å². The highest BCUT2D eigenvalue weighted by atomic mass is 32.2. The van der Waals surface area contributed by atoms with Crippen LogP contribution in [0.5, 0.6) is 11.5 Å². The molecule has 168 valence electrons. The molecule has 0 spiro atoms. The van der Waals surface area contributed by atoms with Crippen LogP contribution in [0.2, 0.25) is 0 Å². The molecule has 3 aromatic rings. The predicted molar refractivity (Wildman–Crippen MR) is 127 cm³/mol. The normalized spacial score (nSPS) is 11.6. The molecule has 0 aliphatic heterocycles. The molecule has 2 aromatic carbocycles. The van der Waals surface area contributed by atoms with E-state index in [0.29, 0.717) is 29.0 Å². The number of methoxy groups -OCH3 is 1. The molecule has 1 aromatic heterocycles. The van der Waals surface area contributed by atoms with Crippen molar-refractivity contribution in [1.82, 2.24) is 14.8 Å². The van der Waals surface area contributed by atoms with Crippen LogP contribution in [0.15, 0.2) is 66.3 Å². The monoisotopic (exact) mass is 452 g/mol. The number of benzene rings is 2. The van der Waals surface area contributed by atoms with Gasteiger partial charge in [-0.25, -0.2) is 0 Å². The summed E-state index contributed by atoms with van der Waals surface area (Å²) in [6, 6.07) is 15.3. The molecular weight excluding hydrogens is 424 g/mol. The maximum Gasteiger partial charge on any atom is 0.234 e. The second-order valence-electron chi connectivity index (χ2n) is 7.07. The minimum Gasteiger partial charge on any atom is -0.497 e. The molecule has 32 heavy (non-hydrogen) atoms. The van der Waals surface area contributed by atoms with Crippen molar-refractivity contribution in [3.05, 3.63) is 72.6 Å². The van der Waals surface area contributed by atoms with Crippen LogP contribution in [0.3, 0.4) is 0 Å². The van der Waals surface area contributed by atoms with E-state index in [1.165, 1.54) is 17.3 Å². The maximum absolute atomic E-state index is 12.4. The zero-order valence-corrected chi connectivity index (χ0v) is 19.4. The second kappa shape index (κ2) is 11.4. The Balaban J connectivity index is 1.65. The van der Waals surface area contributed by atoms with Crippen molar-refractivity contribution in [2.24, 2.45) is 0 Å². The molecule has 0 fully saturated rings. The maximum atomic E-state index is 12.4. The summed E-state index contributed by atoms with van der Waals surface area (Å²) in [4.78, 5) is 12.4. The highest BCUT2D eigenvalue weighted by Crippen LogP contribution is 2.25. The summed E-state index contributed by atoms with van der Waals surface area (Å²) in [6.45, 7) is 8.40. The number of allylic oxidation sites excluding steroid dienone is 1. The molecule has 1 unspecified atom stereocenters. The zero-order chi connectivity index (χ0) is 22.9. The summed E-state index contributed by atoms with van der Waals surface area (Å²) in [5, 5.41) is 12.1. The third kappa shape index (κ3) is 6.13. The number of carbonyl (C=O) groups excluding carboxylic acids is 1. The number of nitrogens with one attached hydrogen (secondary N) is 1. The topological polar surface area (TPSA) is 78.3 Å². The van der Waals surface area contributed by atoms with Crippen LogP contribution in [-0.2, 0) is 17.8 Å². The van der Waals surface area contributed by atoms with Crippen LogP contribution in [0.1, 0.15) is 31.3 Å². The lowest BCUT2D eigenvalue weighted by molar-refractivity contribution is -0.113. The van der Waals surface area contributed by atoms with Gasteiger partial charge in [0.15, 0.2) is 17.1 Å². The van der Waals surface area contributed by atoms with Gasteiger partial charge in [0.1, 0.15) is 11.5 Å². The Kier molecular flexibility index (Phi) is 8.33. The van der Waals surface area contributed by atoms with Gasteiger partial charge in [0, 0.05) is 18.3 Å². The van der Waals surface area contributed by atoms with Crippen molar-refractivity contribution in [2.75, 3.05) is 18.2 Å².